The molecule has 0 aliphatic carbocycles. The van der Waals surface area contributed by atoms with E-state index in [1.165, 1.54) is 0 Å². The Hall–Kier alpha value is -1.14. The van der Waals surface area contributed by atoms with E-state index in [0.29, 0.717) is 18.8 Å². The van der Waals surface area contributed by atoms with Gasteiger partial charge < -0.3 is 5.73 Å². The van der Waals surface area contributed by atoms with Crippen LogP contribution in [-0.4, -0.2) is 25.7 Å². The molecule has 15 heavy (non-hydrogen) atoms. The highest BCUT2D eigenvalue weighted by atomic mass is 32.2. The Morgan fingerprint density at radius 1 is 1.47 bits per heavy atom. The Balaban J connectivity index is 2.65. The van der Waals surface area contributed by atoms with Crippen LogP contribution in [0.4, 0.5) is 5.82 Å². The van der Waals surface area contributed by atoms with Crippen molar-refractivity contribution in [3.05, 3.63) is 23.9 Å². The quantitative estimate of drug-likeness (QED) is 0.769. The number of anilines is 1. The van der Waals surface area contributed by atoms with E-state index in [0.717, 1.165) is 5.56 Å². The van der Waals surface area contributed by atoms with Crippen LogP contribution in [0.15, 0.2) is 18.3 Å². The third-order valence-electron chi connectivity index (χ3n) is 1.79. The number of sulfonamides is 1. The molecule has 0 amide bonds. The lowest BCUT2D eigenvalue weighted by atomic mass is 10.3. The van der Waals surface area contributed by atoms with E-state index in [-0.39, 0.29) is 5.75 Å². The van der Waals surface area contributed by atoms with Gasteiger partial charge in [-0.1, -0.05) is 6.07 Å². The zero-order valence-electron chi connectivity index (χ0n) is 8.60. The van der Waals surface area contributed by atoms with E-state index >= 15 is 0 Å². The molecular weight excluding hydrogens is 214 g/mol. The van der Waals surface area contributed by atoms with Gasteiger partial charge in [0.1, 0.15) is 5.82 Å². The predicted octanol–water partition coefficient (Wildman–Crippen LogP) is 0.481. The average molecular weight is 229 g/mol. The topological polar surface area (TPSA) is 85.1 Å². The lowest BCUT2D eigenvalue weighted by Crippen LogP contribution is -2.19. The molecule has 0 unspecified atom stereocenters. The first kappa shape index (κ1) is 11.9. The van der Waals surface area contributed by atoms with Crippen LogP contribution in [0.1, 0.15) is 12.0 Å². The third kappa shape index (κ3) is 4.26. The second-order valence-electron chi connectivity index (χ2n) is 3.28. The minimum atomic E-state index is -3.30. The summed E-state index contributed by atoms with van der Waals surface area (Å²) in [5.74, 6) is 0.372. The molecule has 0 fully saturated rings. The highest BCUT2D eigenvalue weighted by Gasteiger charge is 2.09. The van der Waals surface area contributed by atoms with E-state index in [2.05, 4.69) is 9.71 Å². The summed E-state index contributed by atoms with van der Waals surface area (Å²) < 4.78 is 25.3. The standard InChI is InChI=1S/C9H15N3O2S/c1-8-3-4-9(11-7-8)12-15(13,14)6-2-5-10/h3-4,7H,2,5-6,10H2,1H3,(H,11,12). The second-order valence-corrected chi connectivity index (χ2v) is 5.13. The van der Waals surface area contributed by atoms with Crippen molar-refractivity contribution in [2.75, 3.05) is 17.0 Å². The fourth-order valence-electron chi connectivity index (χ4n) is 1.01. The number of aromatic nitrogens is 1. The van der Waals surface area contributed by atoms with Gasteiger partial charge in [-0.3, -0.25) is 4.72 Å². The Labute approximate surface area is 89.8 Å². The van der Waals surface area contributed by atoms with E-state index in [9.17, 15) is 8.42 Å². The van der Waals surface area contributed by atoms with Crippen LogP contribution in [0.2, 0.25) is 0 Å². The van der Waals surface area contributed by atoms with E-state index in [4.69, 9.17) is 5.73 Å². The van der Waals surface area contributed by atoms with Crippen LogP contribution in [0, 0.1) is 6.92 Å². The van der Waals surface area contributed by atoms with Gasteiger partial charge in [0.2, 0.25) is 10.0 Å². The van der Waals surface area contributed by atoms with Gasteiger partial charge in [0.05, 0.1) is 5.75 Å². The largest absolute Gasteiger partial charge is 0.330 e. The van der Waals surface area contributed by atoms with Crippen molar-refractivity contribution in [2.45, 2.75) is 13.3 Å². The predicted molar refractivity (Wildman–Crippen MR) is 60.1 cm³/mol. The van der Waals surface area contributed by atoms with Gasteiger partial charge in [-0.25, -0.2) is 13.4 Å². The van der Waals surface area contributed by atoms with Crippen molar-refractivity contribution >= 4 is 15.8 Å². The normalized spacial score (nSPS) is 11.3. The first-order valence-electron chi connectivity index (χ1n) is 4.67. The van der Waals surface area contributed by atoms with Crippen LogP contribution in [0.3, 0.4) is 0 Å². The Morgan fingerprint density at radius 3 is 2.73 bits per heavy atom. The monoisotopic (exact) mass is 229 g/mol. The molecule has 1 heterocycles. The van der Waals surface area contributed by atoms with Gasteiger partial charge in [0.15, 0.2) is 0 Å². The van der Waals surface area contributed by atoms with Crippen LogP contribution in [0.5, 0.6) is 0 Å². The molecule has 0 aliphatic heterocycles. The Bertz CT molecular complexity index is 400. The summed E-state index contributed by atoms with van der Waals surface area (Å²) in [5, 5.41) is 0. The first-order valence-corrected chi connectivity index (χ1v) is 6.32. The van der Waals surface area contributed by atoms with Crippen LogP contribution >= 0.6 is 0 Å². The summed E-state index contributed by atoms with van der Waals surface area (Å²) >= 11 is 0. The minimum absolute atomic E-state index is 0.0268. The zero-order chi connectivity index (χ0) is 11.3. The molecule has 1 aromatic rings. The molecule has 0 atom stereocenters. The maximum atomic E-state index is 11.4. The third-order valence-corrected chi connectivity index (χ3v) is 3.13. The number of aryl methyl sites for hydroxylation is 1. The van der Waals surface area contributed by atoms with Gasteiger partial charge in [0, 0.05) is 6.20 Å². The number of hydrogen-bond acceptors (Lipinski definition) is 4. The molecule has 6 heteroatoms. The van der Waals surface area contributed by atoms with Gasteiger partial charge in [-0.15, -0.1) is 0 Å². The smallest absolute Gasteiger partial charge is 0.233 e. The van der Waals surface area contributed by atoms with Crippen LogP contribution < -0.4 is 10.5 Å². The summed E-state index contributed by atoms with van der Waals surface area (Å²) in [6.07, 6.45) is 2.06. The highest BCUT2D eigenvalue weighted by molar-refractivity contribution is 7.92. The molecule has 0 spiro atoms. The summed E-state index contributed by atoms with van der Waals surface area (Å²) in [5.41, 5.74) is 6.23. The van der Waals surface area contributed by atoms with Crippen molar-refractivity contribution in [2.24, 2.45) is 5.73 Å². The molecule has 3 N–H and O–H groups in total. The van der Waals surface area contributed by atoms with Crippen molar-refractivity contribution < 1.29 is 8.42 Å². The fraction of sp³-hybridized carbons (Fsp3) is 0.444. The highest BCUT2D eigenvalue weighted by Crippen LogP contribution is 2.06. The molecule has 0 radical (unpaired) electrons. The number of nitrogens with one attached hydrogen (secondary N) is 1. The summed E-state index contributed by atoms with van der Waals surface area (Å²) in [7, 11) is -3.30. The lowest BCUT2D eigenvalue weighted by molar-refractivity contribution is 0.598. The van der Waals surface area contributed by atoms with Gasteiger partial charge >= 0.3 is 0 Å². The molecule has 5 nitrogen and oxygen atoms in total. The summed E-state index contributed by atoms with van der Waals surface area (Å²) in [4.78, 5) is 3.95. The fourth-order valence-corrected chi connectivity index (χ4v) is 2.10. The van der Waals surface area contributed by atoms with Gasteiger partial charge in [-0.05, 0) is 31.5 Å². The Kier molecular flexibility index (Phi) is 4.05. The molecule has 1 rings (SSSR count). The average Bonchev–Trinajstić information content (AvgIpc) is 2.18. The molecule has 84 valence electrons. The number of nitrogens with zero attached hydrogens (tertiary/aromatic N) is 1. The summed E-state index contributed by atoms with van der Waals surface area (Å²) in [6.45, 7) is 2.25. The van der Waals surface area contributed by atoms with Crippen molar-refractivity contribution in [3.8, 4) is 0 Å². The van der Waals surface area contributed by atoms with Crippen LogP contribution in [-0.2, 0) is 10.0 Å². The van der Waals surface area contributed by atoms with Crippen molar-refractivity contribution in [1.29, 1.82) is 0 Å². The molecule has 0 aliphatic rings. The number of nitrogens with two attached hydrogens (primary N) is 1. The van der Waals surface area contributed by atoms with Gasteiger partial charge in [0.25, 0.3) is 0 Å². The number of hydrogen-bond donors (Lipinski definition) is 2. The molecule has 0 saturated carbocycles. The molecular formula is C9H15N3O2S. The van der Waals surface area contributed by atoms with Crippen LogP contribution in [0.25, 0.3) is 0 Å². The molecule has 1 aromatic heterocycles. The van der Waals surface area contributed by atoms with Crippen molar-refractivity contribution in [3.63, 3.8) is 0 Å². The lowest BCUT2D eigenvalue weighted by Gasteiger charge is -2.06. The zero-order valence-corrected chi connectivity index (χ0v) is 9.42. The second kappa shape index (κ2) is 5.09. The minimum Gasteiger partial charge on any atom is -0.330 e. The first-order chi connectivity index (χ1) is 7.03. The number of pyridine rings is 1. The van der Waals surface area contributed by atoms with E-state index < -0.39 is 10.0 Å². The Morgan fingerprint density at radius 2 is 2.20 bits per heavy atom. The maximum Gasteiger partial charge on any atom is 0.233 e. The van der Waals surface area contributed by atoms with E-state index in [1.807, 2.05) is 6.92 Å². The van der Waals surface area contributed by atoms with Gasteiger partial charge in [-0.2, -0.15) is 0 Å². The van der Waals surface area contributed by atoms with Crippen molar-refractivity contribution in [1.82, 2.24) is 4.98 Å². The number of rotatable bonds is 5. The molecule has 0 bridgehead atoms. The SMILES string of the molecule is Cc1ccc(NS(=O)(=O)CCCN)nc1. The molecule has 0 aromatic carbocycles. The molecule has 0 saturated heterocycles. The summed E-state index contributed by atoms with van der Waals surface area (Å²) in [6, 6.07) is 3.43. The van der Waals surface area contributed by atoms with E-state index in [1.54, 1.807) is 18.3 Å². The maximum absolute atomic E-state index is 11.4.